The molecule has 0 saturated carbocycles. The van der Waals surface area contributed by atoms with Crippen molar-refractivity contribution < 1.29 is 23.9 Å². The summed E-state index contributed by atoms with van der Waals surface area (Å²) in [6.45, 7) is 4.38. The van der Waals surface area contributed by atoms with Gasteiger partial charge < -0.3 is 20.5 Å². The van der Waals surface area contributed by atoms with Crippen LogP contribution in [0.1, 0.15) is 42.9 Å². The Labute approximate surface area is 199 Å². The summed E-state index contributed by atoms with van der Waals surface area (Å²) >= 11 is 6.44. The van der Waals surface area contributed by atoms with Crippen molar-refractivity contribution in [3.05, 3.63) is 58.1 Å². The summed E-state index contributed by atoms with van der Waals surface area (Å²) < 4.78 is 5.74. The summed E-state index contributed by atoms with van der Waals surface area (Å²) in [5, 5.41) is 17.0. The van der Waals surface area contributed by atoms with E-state index in [0.29, 0.717) is 27.6 Å². The number of carbonyl (C=O) groups excluding carboxylic acids is 2. The fourth-order valence-corrected chi connectivity index (χ4v) is 5.88. The molecule has 0 bridgehead atoms. The highest BCUT2D eigenvalue weighted by molar-refractivity contribution is 6.31. The number of hydrogen-bond donors (Lipinski definition) is 3. The summed E-state index contributed by atoms with van der Waals surface area (Å²) in [5.74, 6) is 0.248. The number of nitrogens with one attached hydrogen (secondary N) is 2. The van der Waals surface area contributed by atoms with E-state index in [1.165, 1.54) is 0 Å². The largest absolute Gasteiger partial charge is 0.496 e. The van der Waals surface area contributed by atoms with Crippen LogP contribution in [0.25, 0.3) is 0 Å². The lowest BCUT2D eigenvalue weighted by Crippen LogP contribution is -2.68. The standard InChI is InChI=1S/C25H30ClN3O4/c1-14(2)15-6-9-22(33-5)19(10-15)25(18-11-16(26)7-8-20(18)28-24(25)32)29(4)13-17(30)12-21(29)23(31)27-3/h6-11,14,17,21,30H,12-13H2,1-5H3,(H-,27,28,31,32)/p+1/t17-,21+,25?,29?/m1/s1. The number of methoxy groups -OCH3 is 1. The average molecular weight is 473 g/mol. The predicted molar refractivity (Wildman–Crippen MR) is 127 cm³/mol. The maximum Gasteiger partial charge on any atom is 0.295 e. The average Bonchev–Trinajstić information content (AvgIpc) is 3.25. The van der Waals surface area contributed by atoms with E-state index in [9.17, 15) is 14.7 Å². The zero-order valence-electron chi connectivity index (χ0n) is 19.6. The first-order valence-electron chi connectivity index (χ1n) is 11.1. The number of likely N-dealkylation sites (tertiary alicyclic amines) is 1. The minimum atomic E-state index is -1.36. The molecule has 4 rings (SSSR count). The third kappa shape index (κ3) is 3.33. The number of nitrogens with zero attached hydrogens (tertiary/aromatic N) is 1. The number of anilines is 1. The van der Waals surface area contributed by atoms with Crippen molar-refractivity contribution in [1.82, 2.24) is 5.32 Å². The Hall–Kier alpha value is -2.61. The fourth-order valence-electron chi connectivity index (χ4n) is 5.71. The van der Waals surface area contributed by atoms with E-state index in [-0.39, 0.29) is 35.2 Å². The number of likely N-dealkylation sites (N-methyl/N-ethyl adjacent to an activating group) is 2. The second-order valence-electron chi connectivity index (χ2n) is 9.44. The number of aliphatic hydroxyl groups excluding tert-OH is 1. The highest BCUT2D eigenvalue weighted by atomic mass is 35.5. The van der Waals surface area contributed by atoms with E-state index in [1.807, 2.05) is 25.2 Å². The molecule has 0 spiro atoms. The number of carbonyl (C=O) groups is 2. The second-order valence-corrected chi connectivity index (χ2v) is 9.88. The highest BCUT2D eigenvalue weighted by Crippen LogP contribution is 2.55. The van der Waals surface area contributed by atoms with E-state index in [4.69, 9.17) is 16.3 Å². The minimum Gasteiger partial charge on any atom is -0.496 e. The first-order chi connectivity index (χ1) is 15.6. The van der Waals surface area contributed by atoms with Gasteiger partial charge in [-0.1, -0.05) is 31.5 Å². The van der Waals surface area contributed by atoms with Gasteiger partial charge in [-0.05, 0) is 41.8 Å². The number of rotatable bonds is 5. The molecule has 2 aromatic carbocycles. The maximum absolute atomic E-state index is 14.1. The van der Waals surface area contributed by atoms with Crippen LogP contribution < -0.4 is 15.4 Å². The van der Waals surface area contributed by atoms with Gasteiger partial charge in [0.05, 0.1) is 31.0 Å². The summed E-state index contributed by atoms with van der Waals surface area (Å²) in [4.78, 5) is 27.2. The molecule has 2 unspecified atom stereocenters. The molecule has 7 nitrogen and oxygen atoms in total. The van der Waals surface area contributed by atoms with E-state index < -0.39 is 17.7 Å². The molecule has 2 aromatic rings. The topological polar surface area (TPSA) is 87.7 Å². The van der Waals surface area contributed by atoms with Crippen LogP contribution in [0.3, 0.4) is 0 Å². The van der Waals surface area contributed by atoms with E-state index in [2.05, 4.69) is 24.5 Å². The lowest BCUT2D eigenvalue weighted by molar-refractivity contribution is -0.953. The van der Waals surface area contributed by atoms with Crippen molar-refractivity contribution in [2.75, 3.05) is 33.1 Å². The number of aliphatic hydroxyl groups is 1. The minimum absolute atomic E-state index is 0.0368. The number of quaternary nitrogens is 1. The lowest BCUT2D eigenvalue weighted by atomic mass is 9.77. The molecule has 0 radical (unpaired) electrons. The van der Waals surface area contributed by atoms with Crippen molar-refractivity contribution in [1.29, 1.82) is 0 Å². The molecule has 8 heteroatoms. The maximum atomic E-state index is 14.1. The number of ether oxygens (including phenoxy) is 1. The Kier molecular flexibility index (Phi) is 5.93. The Morgan fingerprint density at radius 2 is 2.00 bits per heavy atom. The van der Waals surface area contributed by atoms with Gasteiger partial charge in [-0.15, -0.1) is 0 Å². The molecule has 1 saturated heterocycles. The molecule has 4 atom stereocenters. The van der Waals surface area contributed by atoms with Crippen LogP contribution in [0.15, 0.2) is 36.4 Å². The first kappa shape index (κ1) is 23.5. The summed E-state index contributed by atoms with van der Waals surface area (Å²) in [6.07, 6.45) is -0.503. The van der Waals surface area contributed by atoms with Gasteiger partial charge in [0, 0.05) is 18.5 Å². The molecule has 2 aliphatic rings. The van der Waals surface area contributed by atoms with Crippen LogP contribution in [0.5, 0.6) is 5.75 Å². The van der Waals surface area contributed by atoms with Gasteiger partial charge in [0.15, 0.2) is 6.04 Å². The quantitative estimate of drug-likeness (QED) is 0.584. The van der Waals surface area contributed by atoms with Crippen molar-refractivity contribution in [3.63, 3.8) is 0 Å². The van der Waals surface area contributed by atoms with Crippen LogP contribution in [0, 0.1) is 0 Å². The number of fused-ring (bicyclic) bond motifs is 1. The van der Waals surface area contributed by atoms with Crippen molar-refractivity contribution >= 4 is 29.1 Å². The van der Waals surface area contributed by atoms with Gasteiger partial charge >= 0.3 is 0 Å². The molecule has 0 aliphatic carbocycles. The highest BCUT2D eigenvalue weighted by Gasteiger charge is 2.68. The molecule has 3 N–H and O–H groups in total. The third-order valence-corrected chi connectivity index (χ3v) is 7.55. The molecular weight excluding hydrogens is 442 g/mol. The molecular formula is C25H31ClN3O4+. The number of amides is 2. The Bertz CT molecular complexity index is 1120. The summed E-state index contributed by atoms with van der Waals surface area (Å²) in [5.41, 5.74) is 1.64. The first-order valence-corrected chi connectivity index (χ1v) is 11.5. The predicted octanol–water partition coefficient (Wildman–Crippen LogP) is 2.99. The Balaban J connectivity index is 2.14. The third-order valence-electron chi connectivity index (χ3n) is 7.32. The zero-order chi connectivity index (χ0) is 24.1. The van der Waals surface area contributed by atoms with E-state index in [1.54, 1.807) is 32.4 Å². The van der Waals surface area contributed by atoms with E-state index in [0.717, 1.165) is 5.56 Å². The van der Waals surface area contributed by atoms with Crippen LogP contribution in [-0.4, -0.2) is 61.3 Å². The Morgan fingerprint density at radius 3 is 2.64 bits per heavy atom. The van der Waals surface area contributed by atoms with Crippen molar-refractivity contribution in [3.8, 4) is 5.75 Å². The second kappa shape index (κ2) is 8.31. The van der Waals surface area contributed by atoms with Crippen LogP contribution in [0.4, 0.5) is 5.69 Å². The van der Waals surface area contributed by atoms with Gasteiger partial charge in [-0.25, -0.2) is 0 Å². The molecule has 2 heterocycles. The van der Waals surface area contributed by atoms with Gasteiger partial charge in [-0.3, -0.25) is 14.1 Å². The van der Waals surface area contributed by atoms with Crippen LogP contribution in [0.2, 0.25) is 5.02 Å². The van der Waals surface area contributed by atoms with Crippen LogP contribution >= 0.6 is 11.6 Å². The van der Waals surface area contributed by atoms with Gasteiger partial charge in [0.25, 0.3) is 11.8 Å². The Morgan fingerprint density at radius 1 is 1.27 bits per heavy atom. The smallest absolute Gasteiger partial charge is 0.295 e. The SMILES string of the molecule is CNC(=O)[C@@H]1C[C@@H](O)C[N+]1(C)C1(c2cc(C(C)C)ccc2OC)C(=O)Nc2ccc(Cl)cc21. The van der Waals surface area contributed by atoms with Crippen molar-refractivity contribution in [2.45, 2.75) is 43.9 Å². The van der Waals surface area contributed by atoms with Crippen LogP contribution in [-0.2, 0) is 15.1 Å². The van der Waals surface area contributed by atoms with Gasteiger partial charge in [-0.2, -0.15) is 0 Å². The molecule has 176 valence electrons. The molecule has 33 heavy (non-hydrogen) atoms. The fraction of sp³-hybridized carbons (Fsp3) is 0.440. The molecule has 2 aliphatic heterocycles. The number of hydrogen-bond acceptors (Lipinski definition) is 4. The van der Waals surface area contributed by atoms with Crippen molar-refractivity contribution in [2.24, 2.45) is 0 Å². The zero-order valence-corrected chi connectivity index (χ0v) is 20.4. The normalized spacial score (nSPS) is 28.5. The number of benzene rings is 2. The monoisotopic (exact) mass is 472 g/mol. The molecule has 2 amide bonds. The summed E-state index contributed by atoms with van der Waals surface area (Å²) in [7, 11) is 5.01. The van der Waals surface area contributed by atoms with E-state index >= 15 is 0 Å². The molecule has 0 aromatic heterocycles. The number of halogens is 1. The lowest BCUT2D eigenvalue weighted by Gasteiger charge is -2.48. The van der Waals surface area contributed by atoms with Gasteiger partial charge in [0.1, 0.15) is 18.4 Å². The molecule has 1 fully saturated rings. The summed E-state index contributed by atoms with van der Waals surface area (Å²) in [6, 6.07) is 10.5. The van der Waals surface area contributed by atoms with Gasteiger partial charge in [0.2, 0.25) is 5.54 Å².